The lowest BCUT2D eigenvalue weighted by atomic mass is 10.3. The zero-order valence-corrected chi connectivity index (χ0v) is 6.04. The molecular formula is C7H12O3. The van der Waals surface area contributed by atoms with Crippen molar-refractivity contribution in [1.82, 2.24) is 0 Å². The van der Waals surface area contributed by atoms with Gasteiger partial charge in [0.1, 0.15) is 6.61 Å². The average molecular weight is 144 g/mol. The van der Waals surface area contributed by atoms with Crippen LogP contribution >= 0.6 is 0 Å². The highest BCUT2D eigenvalue weighted by molar-refractivity contribution is 5.81. The maximum atomic E-state index is 10.4. The van der Waals surface area contributed by atoms with Gasteiger partial charge in [0.15, 0.2) is 0 Å². The molecule has 0 saturated carbocycles. The Morgan fingerprint density at radius 3 is 2.90 bits per heavy atom. The van der Waals surface area contributed by atoms with Crippen LogP contribution in [-0.2, 0) is 9.53 Å². The van der Waals surface area contributed by atoms with Crippen molar-refractivity contribution in [3.05, 3.63) is 12.7 Å². The molecule has 0 spiro atoms. The van der Waals surface area contributed by atoms with Gasteiger partial charge in [-0.2, -0.15) is 0 Å². The number of carbonyl (C=O) groups excluding carboxylic acids is 1. The summed E-state index contributed by atoms with van der Waals surface area (Å²) >= 11 is 0. The first-order valence-corrected chi connectivity index (χ1v) is 3.18. The molecule has 0 radical (unpaired) electrons. The van der Waals surface area contributed by atoms with E-state index >= 15 is 0 Å². The summed E-state index contributed by atoms with van der Waals surface area (Å²) in [5.74, 6) is -0.493. The monoisotopic (exact) mass is 144 g/mol. The number of esters is 1. The third-order valence-corrected chi connectivity index (χ3v) is 1.06. The van der Waals surface area contributed by atoms with Crippen molar-refractivity contribution in [2.24, 2.45) is 0 Å². The average Bonchev–Trinajstić information content (AvgIpc) is 1.99. The molecular weight excluding hydrogens is 132 g/mol. The van der Waals surface area contributed by atoms with E-state index in [2.05, 4.69) is 11.3 Å². The maximum absolute atomic E-state index is 10.4. The van der Waals surface area contributed by atoms with Gasteiger partial charge in [-0.15, -0.1) is 0 Å². The minimum absolute atomic E-state index is 0.0569. The highest BCUT2D eigenvalue weighted by Crippen LogP contribution is 1.90. The van der Waals surface area contributed by atoms with Gasteiger partial charge in [-0.25, -0.2) is 4.79 Å². The molecule has 0 aliphatic rings. The molecule has 0 bridgehead atoms. The molecule has 3 heteroatoms. The molecule has 0 aliphatic carbocycles. The Bertz CT molecular complexity index is 120. The molecule has 0 amide bonds. The van der Waals surface area contributed by atoms with E-state index in [0.717, 1.165) is 6.08 Å². The predicted octanol–water partition coefficient (Wildman–Crippen LogP) is 0.486. The summed E-state index contributed by atoms with van der Waals surface area (Å²) in [6.45, 7) is 5.08. The largest absolute Gasteiger partial charge is 0.460 e. The Morgan fingerprint density at radius 2 is 2.50 bits per heavy atom. The summed E-state index contributed by atoms with van der Waals surface area (Å²) in [6, 6.07) is 0. The van der Waals surface area contributed by atoms with Crippen LogP contribution in [0.25, 0.3) is 0 Å². The summed E-state index contributed by atoms with van der Waals surface area (Å²) in [5.41, 5.74) is 0. The van der Waals surface area contributed by atoms with Crippen molar-refractivity contribution in [3.8, 4) is 0 Å². The van der Waals surface area contributed by atoms with Gasteiger partial charge in [-0.3, -0.25) is 0 Å². The van der Waals surface area contributed by atoms with Gasteiger partial charge < -0.3 is 9.84 Å². The van der Waals surface area contributed by atoms with Gasteiger partial charge in [0.05, 0.1) is 6.10 Å². The summed E-state index contributed by atoms with van der Waals surface area (Å²) < 4.78 is 4.54. The molecule has 0 aromatic rings. The number of aliphatic hydroxyl groups excluding tert-OH is 1. The minimum atomic E-state index is -0.552. The van der Waals surface area contributed by atoms with Crippen LogP contribution in [0.1, 0.15) is 13.3 Å². The van der Waals surface area contributed by atoms with Crippen LogP contribution in [0.15, 0.2) is 12.7 Å². The number of carbonyl (C=O) groups is 1. The van der Waals surface area contributed by atoms with Crippen molar-refractivity contribution in [2.45, 2.75) is 19.4 Å². The molecule has 0 aromatic heterocycles. The second-order valence-corrected chi connectivity index (χ2v) is 1.90. The molecule has 3 nitrogen and oxygen atoms in total. The summed E-state index contributed by atoms with van der Waals surface area (Å²) in [4.78, 5) is 10.4. The molecule has 0 heterocycles. The second-order valence-electron chi connectivity index (χ2n) is 1.90. The zero-order valence-electron chi connectivity index (χ0n) is 6.04. The molecule has 0 aromatic carbocycles. The van der Waals surface area contributed by atoms with Gasteiger partial charge in [0.25, 0.3) is 0 Å². The molecule has 0 fully saturated rings. The van der Waals surface area contributed by atoms with E-state index in [0.29, 0.717) is 6.42 Å². The lowest BCUT2D eigenvalue weighted by Crippen LogP contribution is -2.16. The minimum Gasteiger partial charge on any atom is -0.460 e. The molecule has 0 unspecified atom stereocenters. The van der Waals surface area contributed by atoms with Crippen LogP contribution in [-0.4, -0.2) is 23.8 Å². The second kappa shape index (κ2) is 4.99. The van der Waals surface area contributed by atoms with E-state index in [1.54, 1.807) is 0 Å². The van der Waals surface area contributed by atoms with E-state index < -0.39 is 12.1 Å². The van der Waals surface area contributed by atoms with Crippen LogP contribution in [0.2, 0.25) is 0 Å². The Labute approximate surface area is 60.3 Å². The van der Waals surface area contributed by atoms with Gasteiger partial charge in [0, 0.05) is 6.08 Å². The standard InChI is InChI=1S/C7H12O3/c1-3-6(8)5-10-7(9)4-2/h4,6,8H,2-3,5H2,1H3/t6-/m0/s1. The molecule has 1 atom stereocenters. The topological polar surface area (TPSA) is 46.5 Å². The molecule has 0 aliphatic heterocycles. The SMILES string of the molecule is C=CC(=O)OC[C@@H](O)CC. The van der Waals surface area contributed by atoms with Gasteiger partial charge in [0.2, 0.25) is 0 Å². The number of hydrogen-bond donors (Lipinski definition) is 1. The Balaban J connectivity index is 3.34. The van der Waals surface area contributed by atoms with E-state index in [-0.39, 0.29) is 6.61 Å². The third-order valence-electron chi connectivity index (χ3n) is 1.06. The molecule has 0 rings (SSSR count). The highest BCUT2D eigenvalue weighted by Gasteiger charge is 2.02. The lowest BCUT2D eigenvalue weighted by molar-refractivity contribution is -0.140. The molecule has 58 valence electrons. The van der Waals surface area contributed by atoms with Crippen molar-refractivity contribution >= 4 is 5.97 Å². The fourth-order valence-electron chi connectivity index (χ4n) is 0.355. The molecule has 0 saturated heterocycles. The Morgan fingerprint density at radius 1 is 1.90 bits per heavy atom. The normalized spacial score (nSPS) is 12.2. The third kappa shape index (κ3) is 4.09. The van der Waals surface area contributed by atoms with Gasteiger partial charge >= 0.3 is 5.97 Å². The summed E-state index contributed by atoms with van der Waals surface area (Å²) in [5, 5.41) is 8.89. The van der Waals surface area contributed by atoms with Gasteiger partial charge in [-0.1, -0.05) is 13.5 Å². The van der Waals surface area contributed by atoms with Crippen LogP contribution in [0, 0.1) is 0 Å². The lowest BCUT2D eigenvalue weighted by Gasteiger charge is -2.05. The van der Waals surface area contributed by atoms with Crippen molar-refractivity contribution < 1.29 is 14.6 Å². The van der Waals surface area contributed by atoms with Crippen molar-refractivity contribution in [1.29, 1.82) is 0 Å². The van der Waals surface area contributed by atoms with E-state index in [1.165, 1.54) is 0 Å². The first-order chi connectivity index (χ1) is 4.70. The fraction of sp³-hybridized carbons (Fsp3) is 0.571. The van der Waals surface area contributed by atoms with E-state index in [1.807, 2.05) is 6.92 Å². The Kier molecular flexibility index (Phi) is 4.58. The fourth-order valence-corrected chi connectivity index (χ4v) is 0.355. The van der Waals surface area contributed by atoms with Gasteiger partial charge in [-0.05, 0) is 6.42 Å². The number of hydrogen-bond acceptors (Lipinski definition) is 3. The van der Waals surface area contributed by atoms with Crippen LogP contribution in [0.4, 0.5) is 0 Å². The summed E-state index contributed by atoms with van der Waals surface area (Å²) in [7, 11) is 0. The first-order valence-electron chi connectivity index (χ1n) is 3.18. The van der Waals surface area contributed by atoms with E-state index in [9.17, 15) is 4.79 Å². The summed E-state index contributed by atoms with van der Waals surface area (Å²) in [6.07, 6.45) is 1.11. The molecule has 10 heavy (non-hydrogen) atoms. The Hall–Kier alpha value is -0.830. The van der Waals surface area contributed by atoms with Crippen molar-refractivity contribution in [3.63, 3.8) is 0 Å². The highest BCUT2D eigenvalue weighted by atomic mass is 16.5. The first kappa shape index (κ1) is 9.17. The quantitative estimate of drug-likeness (QED) is 0.461. The van der Waals surface area contributed by atoms with Crippen molar-refractivity contribution in [2.75, 3.05) is 6.61 Å². The number of ether oxygens (including phenoxy) is 1. The number of rotatable bonds is 4. The molecule has 1 N–H and O–H groups in total. The number of aliphatic hydroxyl groups is 1. The van der Waals surface area contributed by atoms with Crippen LogP contribution in [0.5, 0.6) is 0 Å². The van der Waals surface area contributed by atoms with Crippen LogP contribution in [0.3, 0.4) is 0 Å². The van der Waals surface area contributed by atoms with Crippen LogP contribution < -0.4 is 0 Å². The smallest absolute Gasteiger partial charge is 0.330 e. The van der Waals surface area contributed by atoms with E-state index in [4.69, 9.17) is 5.11 Å². The predicted molar refractivity (Wildman–Crippen MR) is 37.5 cm³/mol. The maximum Gasteiger partial charge on any atom is 0.330 e. The zero-order chi connectivity index (χ0) is 7.98.